The van der Waals surface area contributed by atoms with E-state index in [9.17, 15) is 8.78 Å². The summed E-state index contributed by atoms with van der Waals surface area (Å²) in [5.41, 5.74) is 1.14. The highest BCUT2D eigenvalue weighted by molar-refractivity contribution is 9.10. The van der Waals surface area contributed by atoms with Gasteiger partial charge < -0.3 is 4.90 Å². The van der Waals surface area contributed by atoms with Crippen LogP contribution in [0, 0.1) is 11.3 Å². The van der Waals surface area contributed by atoms with Gasteiger partial charge in [-0.2, -0.15) is 5.26 Å². The minimum absolute atomic E-state index is 0.120. The molecule has 0 spiro atoms. The van der Waals surface area contributed by atoms with E-state index in [1.54, 1.807) is 23.1 Å². The molecular formula is C11H9BrF2N2. The largest absolute Gasteiger partial charge is 0.365 e. The number of rotatable bonds is 1. The molecule has 0 bridgehead atoms. The van der Waals surface area contributed by atoms with Crippen molar-refractivity contribution >= 4 is 21.6 Å². The van der Waals surface area contributed by atoms with Crippen LogP contribution >= 0.6 is 15.9 Å². The Bertz CT molecular complexity index is 454. The molecule has 0 aromatic heterocycles. The summed E-state index contributed by atoms with van der Waals surface area (Å²) in [6, 6.07) is 7.10. The summed E-state index contributed by atoms with van der Waals surface area (Å²) in [5.74, 6) is -2.61. The fraction of sp³-hybridized carbons (Fsp3) is 0.364. The summed E-state index contributed by atoms with van der Waals surface area (Å²) in [5, 5.41) is 8.84. The van der Waals surface area contributed by atoms with E-state index in [0.29, 0.717) is 22.3 Å². The van der Waals surface area contributed by atoms with E-state index < -0.39 is 5.92 Å². The van der Waals surface area contributed by atoms with E-state index in [0.717, 1.165) is 0 Å². The van der Waals surface area contributed by atoms with Gasteiger partial charge in [-0.1, -0.05) is 0 Å². The third-order valence-corrected chi connectivity index (χ3v) is 3.30. The van der Waals surface area contributed by atoms with Crippen LogP contribution in [-0.4, -0.2) is 19.0 Å². The topological polar surface area (TPSA) is 27.0 Å². The molecule has 1 heterocycles. The van der Waals surface area contributed by atoms with Gasteiger partial charge in [0.15, 0.2) is 0 Å². The Kier molecular flexibility index (Phi) is 2.85. The summed E-state index contributed by atoms with van der Waals surface area (Å²) in [6.45, 7) is 0.0685. The number of anilines is 1. The standard InChI is InChI=1S/C11H9BrF2N2/c12-10-2-1-9(5-8(10)6-15)16-4-3-11(13,14)7-16/h1-2,5H,3-4,7H2. The number of hydrogen-bond acceptors (Lipinski definition) is 2. The Balaban J connectivity index is 2.26. The van der Waals surface area contributed by atoms with Gasteiger partial charge in [0.25, 0.3) is 5.92 Å². The maximum Gasteiger partial charge on any atom is 0.266 e. The van der Waals surface area contributed by atoms with Gasteiger partial charge in [-0.3, -0.25) is 0 Å². The zero-order chi connectivity index (χ0) is 11.8. The van der Waals surface area contributed by atoms with Crippen molar-refractivity contribution in [3.05, 3.63) is 28.2 Å². The minimum Gasteiger partial charge on any atom is -0.365 e. The molecule has 0 atom stereocenters. The molecule has 16 heavy (non-hydrogen) atoms. The van der Waals surface area contributed by atoms with Crippen molar-refractivity contribution in [1.29, 1.82) is 5.26 Å². The quantitative estimate of drug-likeness (QED) is 0.793. The number of halogens is 3. The van der Waals surface area contributed by atoms with Crippen LogP contribution in [0.15, 0.2) is 22.7 Å². The molecule has 2 rings (SSSR count). The Morgan fingerprint density at radius 2 is 2.19 bits per heavy atom. The molecular weight excluding hydrogens is 278 g/mol. The highest BCUT2D eigenvalue weighted by Crippen LogP contribution is 2.32. The first-order valence-corrected chi connectivity index (χ1v) is 5.63. The monoisotopic (exact) mass is 286 g/mol. The van der Waals surface area contributed by atoms with E-state index in [1.807, 2.05) is 6.07 Å². The third-order valence-electron chi connectivity index (χ3n) is 2.61. The number of benzene rings is 1. The molecule has 5 heteroatoms. The Morgan fingerprint density at radius 3 is 2.75 bits per heavy atom. The Hall–Kier alpha value is -1.15. The first-order valence-electron chi connectivity index (χ1n) is 4.84. The molecule has 1 saturated heterocycles. The van der Waals surface area contributed by atoms with E-state index in [1.165, 1.54) is 0 Å². The lowest BCUT2D eigenvalue weighted by Crippen LogP contribution is -2.24. The lowest BCUT2D eigenvalue weighted by Gasteiger charge is -2.18. The van der Waals surface area contributed by atoms with Gasteiger partial charge in [0, 0.05) is 23.1 Å². The van der Waals surface area contributed by atoms with Crippen LogP contribution in [0.3, 0.4) is 0 Å². The number of alkyl halides is 2. The zero-order valence-electron chi connectivity index (χ0n) is 8.38. The van der Waals surface area contributed by atoms with Gasteiger partial charge in [0.1, 0.15) is 6.07 Å². The fourth-order valence-electron chi connectivity index (χ4n) is 1.75. The van der Waals surface area contributed by atoms with Crippen LogP contribution in [0.2, 0.25) is 0 Å². The van der Waals surface area contributed by atoms with Gasteiger partial charge in [-0.25, -0.2) is 8.78 Å². The number of hydrogen-bond donors (Lipinski definition) is 0. The van der Waals surface area contributed by atoms with E-state index in [-0.39, 0.29) is 13.0 Å². The van der Waals surface area contributed by atoms with Crippen molar-refractivity contribution in [3.8, 4) is 6.07 Å². The average molecular weight is 287 g/mol. The molecule has 1 aromatic rings. The van der Waals surface area contributed by atoms with Crippen LogP contribution in [0.25, 0.3) is 0 Å². The molecule has 0 aliphatic carbocycles. The fourth-order valence-corrected chi connectivity index (χ4v) is 2.09. The lowest BCUT2D eigenvalue weighted by atomic mass is 10.2. The molecule has 2 nitrogen and oxygen atoms in total. The predicted molar refractivity (Wildman–Crippen MR) is 60.6 cm³/mol. The summed E-state index contributed by atoms with van der Waals surface area (Å²) >= 11 is 3.23. The molecule has 0 saturated carbocycles. The van der Waals surface area contributed by atoms with E-state index >= 15 is 0 Å². The van der Waals surface area contributed by atoms with Gasteiger partial charge in [0.05, 0.1) is 12.1 Å². The second-order valence-corrected chi connectivity index (χ2v) is 4.66. The van der Waals surface area contributed by atoms with Crippen LogP contribution in [0.5, 0.6) is 0 Å². The maximum atomic E-state index is 13.0. The van der Waals surface area contributed by atoms with E-state index in [4.69, 9.17) is 5.26 Å². The van der Waals surface area contributed by atoms with Crippen molar-refractivity contribution in [2.75, 3.05) is 18.0 Å². The summed E-state index contributed by atoms with van der Waals surface area (Å²) in [6.07, 6.45) is -0.120. The molecule has 0 unspecified atom stereocenters. The van der Waals surface area contributed by atoms with Crippen LogP contribution in [0.4, 0.5) is 14.5 Å². The Labute approximate surface area is 101 Å². The molecule has 1 aliphatic heterocycles. The molecule has 0 N–H and O–H groups in total. The predicted octanol–water partition coefficient (Wildman–Crippen LogP) is 3.17. The number of nitrogens with zero attached hydrogens (tertiary/aromatic N) is 2. The average Bonchev–Trinajstić information content (AvgIpc) is 2.59. The van der Waals surface area contributed by atoms with Crippen LogP contribution in [0.1, 0.15) is 12.0 Å². The summed E-state index contributed by atoms with van der Waals surface area (Å²) in [7, 11) is 0. The normalized spacial score (nSPS) is 18.5. The second-order valence-electron chi connectivity index (χ2n) is 3.80. The van der Waals surface area contributed by atoms with Gasteiger partial charge >= 0.3 is 0 Å². The van der Waals surface area contributed by atoms with Crippen LogP contribution < -0.4 is 4.90 Å². The summed E-state index contributed by atoms with van der Waals surface area (Å²) in [4.78, 5) is 1.60. The smallest absolute Gasteiger partial charge is 0.266 e. The van der Waals surface area contributed by atoms with Crippen molar-refractivity contribution in [1.82, 2.24) is 0 Å². The second kappa shape index (κ2) is 4.02. The molecule has 84 valence electrons. The van der Waals surface area contributed by atoms with Crippen molar-refractivity contribution in [3.63, 3.8) is 0 Å². The maximum absolute atomic E-state index is 13.0. The lowest BCUT2D eigenvalue weighted by molar-refractivity contribution is 0.0257. The molecule has 0 radical (unpaired) electrons. The minimum atomic E-state index is -2.61. The van der Waals surface area contributed by atoms with Gasteiger partial charge in [0.2, 0.25) is 0 Å². The molecule has 1 aromatic carbocycles. The zero-order valence-corrected chi connectivity index (χ0v) is 9.97. The molecule has 0 amide bonds. The first-order chi connectivity index (χ1) is 7.52. The van der Waals surface area contributed by atoms with Crippen LogP contribution in [-0.2, 0) is 0 Å². The SMILES string of the molecule is N#Cc1cc(N2CCC(F)(F)C2)ccc1Br. The third kappa shape index (κ3) is 2.17. The summed E-state index contributed by atoms with van der Waals surface area (Å²) < 4.78 is 26.7. The van der Waals surface area contributed by atoms with E-state index in [2.05, 4.69) is 15.9 Å². The molecule has 1 fully saturated rings. The van der Waals surface area contributed by atoms with Gasteiger partial charge in [-0.05, 0) is 34.1 Å². The highest BCUT2D eigenvalue weighted by atomic mass is 79.9. The molecule has 1 aliphatic rings. The van der Waals surface area contributed by atoms with Crippen molar-refractivity contribution in [2.24, 2.45) is 0 Å². The highest BCUT2D eigenvalue weighted by Gasteiger charge is 2.38. The Morgan fingerprint density at radius 1 is 1.44 bits per heavy atom. The number of nitriles is 1. The van der Waals surface area contributed by atoms with Gasteiger partial charge in [-0.15, -0.1) is 0 Å². The van der Waals surface area contributed by atoms with Crippen molar-refractivity contribution < 1.29 is 8.78 Å². The van der Waals surface area contributed by atoms with Crippen molar-refractivity contribution in [2.45, 2.75) is 12.3 Å². The first kappa shape index (κ1) is 11.3.